The molecule has 0 saturated carbocycles. The topological polar surface area (TPSA) is 93.7 Å². The molecule has 22 heavy (non-hydrogen) atoms. The van der Waals surface area contributed by atoms with Gasteiger partial charge >= 0.3 is 0 Å². The van der Waals surface area contributed by atoms with Gasteiger partial charge in [-0.15, -0.1) is 0 Å². The van der Waals surface area contributed by atoms with Crippen LogP contribution < -0.4 is 14.8 Å². The number of nitrogens with one attached hydrogen (secondary N) is 2. The van der Waals surface area contributed by atoms with E-state index in [1.165, 1.54) is 39.3 Å². The third-order valence-corrected chi connectivity index (χ3v) is 4.54. The molecule has 0 unspecified atom stereocenters. The highest BCUT2D eigenvalue weighted by molar-refractivity contribution is 7.89. The van der Waals surface area contributed by atoms with Gasteiger partial charge in [-0.3, -0.25) is 4.79 Å². The molecule has 0 aromatic heterocycles. The minimum Gasteiger partial charge on any atom is -0.495 e. The molecule has 0 radical (unpaired) electrons. The van der Waals surface area contributed by atoms with Crippen molar-refractivity contribution >= 4 is 27.5 Å². The number of hydrogen-bond acceptors (Lipinski definition) is 5. The zero-order chi connectivity index (χ0) is 16.8. The largest absolute Gasteiger partial charge is 0.495 e. The zero-order valence-corrected chi connectivity index (χ0v) is 14.1. The van der Waals surface area contributed by atoms with Crippen molar-refractivity contribution in [2.24, 2.45) is 0 Å². The van der Waals surface area contributed by atoms with Crippen LogP contribution in [0.4, 0.5) is 0 Å². The summed E-state index contributed by atoms with van der Waals surface area (Å²) in [5.74, 6) is -0.314. The fourth-order valence-corrected chi connectivity index (χ4v) is 3.27. The van der Waals surface area contributed by atoms with Gasteiger partial charge < -0.3 is 14.8 Å². The number of methoxy groups -OCH3 is 2. The zero-order valence-electron chi connectivity index (χ0n) is 12.6. The lowest BCUT2D eigenvalue weighted by molar-refractivity contribution is -0.122. The summed E-state index contributed by atoms with van der Waals surface area (Å²) in [5.41, 5.74) is 0. The van der Waals surface area contributed by atoms with Gasteiger partial charge in [0, 0.05) is 18.7 Å². The van der Waals surface area contributed by atoms with Crippen molar-refractivity contribution in [1.82, 2.24) is 10.0 Å². The van der Waals surface area contributed by atoms with Crippen molar-refractivity contribution in [2.75, 3.05) is 27.4 Å². The molecule has 1 aromatic carbocycles. The minimum atomic E-state index is -3.95. The molecule has 9 heteroatoms. The van der Waals surface area contributed by atoms with Crippen LogP contribution in [0.5, 0.6) is 5.75 Å². The monoisotopic (exact) mass is 350 g/mol. The fourth-order valence-electron chi connectivity index (χ4n) is 1.64. The van der Waals surface area contributed by atoms with E-state index in [1.807, 2.05) is 0 Å². The Labute approximate surface area is 135 Å². The molecule has 1 rings (SSSR count). The van der Waals surface area contributed by atoms with E-state index >= 15 is 0 Å². The summed E-state index contributed by atoms with van der Waals surface area (Å²) in [7, 11) is -1.10. The van der Waals surface area contributed by atoms with Crippen molar-refractivity contribution in [3.8, 4) is 5.75 Å². The molecule has 0 bridgehead atoms. The normalized spacial score (nSPS) is 12.7. The van der Waals surface area contributed by atoms with E-state index in [9.17, 15) is 13.2 Å². The van der Waals surface area contributed by atoms with E-state index in [1.54, 1.807) is 0 Å². The van der Waals surface area contributed by atoms with Gasteiger partial charge in [0.1, 0.15) is 10.6 Å². The second-order valence-electron chi connectivity index (χ2n) is 4.42. The van der Waals surface area contributed by atoms with E-state index in [2.05, 4.69) is 10.0 Å². The van der Waals surface area contributed by atoms with Gasteiger partial charge in [0.25, 0.3) is 0 Å². The first-order chi connectivity index (χ1) is 10.3. The first-order valence-corrected chi connectivity index (χ1v) is 8.30. The Hall–Kier alpha value is -1.35. The molecule has 1 amide bonds. The summed E-state index contributed by atoms with van der Waals surface area (Å²) >= 11 is 5.82. The van der Waals surface area contributed by atoms with E-state index in [4.69, 9.17) is 21.1 Å². The van der Waals surface area contributed by atoms with Crippen LogP contribution in [-0.4, -0.2) is 47.7 Å². The lowest BCUT2D eigenvalue weighted by Gasteiger charge is -2.16. The first-order valence-electron chi connectivity index (χ1n) is 6.44. The number of ether oxygens (including phenoxy) is 2. The van der Waals surface area contributed by atoms with Crippen LogP contribution in [0.2, 0.25) is 5.02 Å². The third-order valence-electron chi connectivity index (χ3n) is 2.75. The van der Waals surface area contributed by atoms with Gasteiger partial charge in [-0.2, -0.15) is 4.72 Å². The van der Waals surface area contributed by atoms with Crippen LogP contribution >= 0.6 is 11.6 Å². The molecule has 0 aliphatic rings. The Morgan fingerprint density at radius 1 is 1.36 bits per heavy atom. The van der Waals surface area contributed by atoms with Gasteiger partial charge in [0.15, 0.2) is 0 Å². The van der Waals surface area contributed by atoms with E-state index in [0.29, 0.717) is 13.2 Å². The Morgan fingerprint density at radius 3 is 2.64 bits per heavy atom. The Bertz CT molecular complexity index is 621. The van der Waals surface area contributed by atoms with E-state index in [0.717, 1.165) is 0 Å². The maximum absolute atomic E-state index is 12.4. The van der Waals surface area contributed by atoms with Crippen LogP contribution in [0.15, 0.2) is 23.1 Å². The Kier molecular flexibility index (Phi) is 7.08. The van der Waals surface area contributed by atoms with Crippen LogP contribution in [-0.2, 0) is 19.6 Å². The molecular weight excluding hydrogens is 332 g/mol. The lowest BCUT2D eigenvalue weighted by Crippen LogP contribution is -2.45. The van der Waals surface area contributed by atoms with Crippen molar-refractivity contribution < 1.29 is 22.7 Å². The number of rotatable bonds is 8. The second-order valence-corrected chi connectivity index (χ2v) is 6.54. The number of hydrogen-bond donors (Lipinski definition) is 2. The maximum Gasteiger partial charge on any atom is 0.245 e. The highest BCUT2D eigenvalue weighted by atomic mass is 35.5. The average Bonchev–Trinajstić information content (AvgIpc) is 2.46. The Balaban J connectivity index is 2.87. The molecule has 0 aliphatic carbocycles. The van der Waals surface area contributed by atoms with Crippen molar-refractivity contribution in [1.29, 1.82) is 0 Å². The number of sulfonamides is 1. The minimum absolute atomic E-state index is 0.126. The average molecular weight is 351 g/mol. The maximum atomic E-state index is 12.4. The highest BCUT2D eigenvalue weighted by Crippen LogP contribution is 2.26. The number of benzene rings is 1. The molecule has 7 nitrogen and oxygen atoms in total. The molecule has 0 heterocycles. The summed E-state index contributed by atoms with van der Waals surface area (Å²) < 4.78 is 36.8. The number of halogens is 1. The molecule has 1 atom stereocenters. The molecule has 0 saturated heterocycles. The van der Waals surface area contributed by atoms with Crippen molar-refractivity contribution in [3.05, 3.63) is 23.2 Å². The molecule has 0 spiro atoms. The number of carbonyl (C=O) groups excluding carboxylic acids is 1. The number of amides is 1. The molecule has 0 fully saturated rings. The standard InChI is InChI=1S/C13H19ClN2O5S/c1-9(13(17)15-6-7-20-2)16-22(18,19)12-8-10(14)4-5-11(12)21-3/h4-5,8-9,16H,6-7H2,1-3H3,(H,15,17)/t9-/m0/s1. The quantitative estimate of drug-likeness (QED) is 0.676. The Morgan fingerprint density at radius 2 is 2.05 bits per heavy atom. The number of carbonyl (C=O) groups is 1. The van der Waals surface area contributed by atoms with E-state index in [-0.39, 0.29) is 15.7 Å². The predicted octanol–water partition coefficient (Wildman–Crippen LogP) is 0.778. The summed E-state index contributed by atoms with van der Waals surface area (Å²) in [6, 6.07) is 3.27. The van der Waals surface area contributed by atoms with Crippen molar-refractivity contribution in [3.63, 3.8) is 0 Å². The van der Waals surface area contributed by atoms with Crippen LogP contribution in [0.25, 0.3) is 0 Å². The van der Waals surface area contributed by atoms with Gasteiger partial charge in [-0.05, 0) is 25.1 Å². The summed E-state index contributed by atoms with van der Waals surface area (Å²) in [4.78, 5) is 11.7. The summed E-state index contributed by atoms with van der Waals surface area (Å²) in [6.07, 6.45) is 0. The summed E-state index contributed by atoms with van der Waals surface area (Å²) in [5, 5.41) is 2.80. The van der Waals surface area contributed by atoms with Gasteiger partial charge in [-0.25, -0.2) is 8.42 Å². The van der Waals surface area contributed by atoms with E-state index < -0.39 is 22.0 Å². The lowest BCUT2D eigenvalue weighted by atomic mass is 10.3. The molecule has 0 aliphatic heterocycles. The molecule has 124 valence electrons. The predicted molar refractivity (Wildman–Crippen MR) is 82.7 cm³/mol. The second kappa shape index (κ2) is 8.33. The van der Waals surface area contributed by atoms with Crippen LogP contribution in [0, 0.1) is 0 Å². The SMILES string of the molecule is COCCNC(=O)[C@H](C)NS(=O)(=O)c1cc(Cl)ccc1OC. The first kappa shape index (κ1) is 18.7. The van der Waals surface area contributed by atoms with Gasteiger partial charge in [-0.1, -0.05) is 11.6 Å². The van der Waals surface area contributed by atoms with Crippen LogP contribution in [0.1, 0.15) is 6.92 Å². The smallest absolute Gasteiger partial charge is 0.245 e. The molecule has 2 N–H and O–H groups in total. The molecular formula is C13H19ClN2O5S. The van der Waals surface area contributed by atoms with Gasteiger partial charge in [0.2, 0.25) is 15.9 Å². The van der Waals surface area contributed by atoms with Crippen LogP contribution in [0.3, 0.4) is 0 Å². The van der Waals surface area contributed by atoms with Gasteiger partial charge in [0.05, 0.1) is 19.8 Å². The third kappa shape index (κ3) is 5.13. The molecule has 1 aromatic rings. The fraction of sp³-hybridized carbons (Fsp3) is 0.462. The van der Waals surface area contributed by atoms with Crippen molar-refractivity contribution in [2.45, 2.75) is 17.9 Å². The highest BCUT2D eigenvalue weighted by Gasteiger charge is 2.25. The summed E-state index contributed by atoms with van der Waals surface area (Å²) in [6.45, 7) is 2.08.